The number of amides is 1. The van der Waals surface area contributed by atoms with Gasteiger partial charge in [0.15, 0.2) is 12.2 Å². The number of thioether (sulfide) groups is 1. The Bertz CT molecular complexity index is 1010. The Labute approximate surface area is 164 Å². The molecule has 0 saturated heterocycles. The van der Waals surface area contributed by atoms with Crippen molar-refractivity contribution in [2.24, 2.45) is 0 Å². The minimum absolute atomic E-state index is 0.135. The first kappa shape index (κ1) is 17.5. The van der Waals surface area contributed by atoms with Gasteiger partial charge in [-0.05, 0) is 36.4 Å². The highest BCUT2D eigenvalue weighted by atomic mass is 32.2. The molecule has 134 valence electrons. The molecule has 2 aromatic carbocycles. The first-order valence-corrected chi connectivity index (χ1v) is 10.1. The highest BCUT2D eigenvalue weighted by Crippen LogP contribution is 2.27. The molecule has 0 radical (unpaired) electrons. The molecule has 5 nitrogen and oxygen atoms in total. The number of benzene rings is 2. The van der Waals surface area contributed by atoms with Crippen LogP contribution in [0.25, 0.3) is 11.3 Å². The topological polar surface area (TPSA) is 68.0 Å². The molecule has 2 aromatic heterocycles. The molecular formula is C20H15N3O2S2. The van der Waals surface area contributed by atoms with Crippen molar-refractivity contribution in [2.75, 3.05) is 5.32 Å². The molecule has 0 aliphatic carbocycles. The van der Waals surface area contributed by atoms with Crippen LogP contribution in [0.3, 0.4) is 0 Å². The Kier molecular flexibility index (Phi) is 5.32. The average Bonchev–Trinajstić information content (AvgIpc) is 3.41. The van der Waals surface area contributed by atoms with Gasteiger partial charge in [-0.3, -0.25) is 4.79 Å². The van der Waals surface area contributed by atoms with Crippen LogP contribution in [-0.2, 0) is 5.75 Å². The normalized spacial score (nSPS) is 10.7. The number of carbonyl (C=O) groups is 1. The molecule has 0 aliphatic heterocycles. The number of hydrogen-bond donors (Lipinski definition) is 1. The largest absolute Gasteiger partial charge is 0.444 e. The second-order valence-corrected chi connectivity index (χ2v) is 7.40. The molecule has 0 unspecified atom stereocenters. The predicted octanol–water partition coefficient (Wildman–Crippen LogP) is 5.34. The SMILES string of the molecule is O=C(Nc1ccc(-c2cnco2)cc1)c1ccccc1SCc1cscn1. The van der Waals surface area contributed by atoms with E-state index in [9.17, 15) is 4.79 Å². The maximum Gasteiger partial charge on any atom is 0.256 e. The fraction of sp³-hybridized carbons (Fsp3) is 0.0500. The number of hydrogen-bond acceptors (Lipinski definition) is 6. The molecule has 0 atom stereocenters. The van der Waals surface area contributed by atoms with Gasteiger partial charge in [0.05, 0.1) is 23.0 Å². The Morgan fingerprint density at radius 3 is 2.74 bits per heavy atom. The molecule has 4 aromatic rings. The molecule has 27 heavy (non-hydrogen) atoms. The van der Waals surface area contributed by atoms with Crippen LogP contribution >= 0.6 is 23.1 Å². The van der Waals surface area contributed by atoms with Crippen LogP contribution in [0.1, 0.15) is 16.1 Å². The van der Waals surface area contributed by atoms with Gasteiger partial charge in [0.25, 0.3) is 5.91 Å². The molecule has 7 heteroatoms. The Hall–Kier alpha value is -2.90. The Morgan fingerprint density at radius 2 is 2.00 bits per heavy atom. The summed E-state index contributed by atoms with van der Waals surface area (Å²) in [5.74, 6) is 1.29. The third kappa shape index (κ3) is 4.27. The van der Waals surface area contributed by atoms with E-state index in [1.165, 1.54) is 6.39 Å². The summed E-state index contributed by atoms with van der Waals surface area (Å²) in [6.45, 7) is 0. The molecule has 1 N–H and O–H groups in total. The molecule has 0 bridgehead atoms. The molecule has 0 aliphatic rings. The molecule has 2 heterocycles. The Balaban J connectivity index is 1.46. The smallest absolute Gasteiger partial charge is 0.256 e. The summed E-state index contributed by atoms with van der Waals surface area (Å²) in [6.07, 6.45) is 3.05. The zero-order chi connectivity index (χ0) is 18.5. The number of oxazole rings is 1. The second kappa shape index (κ2) is 8.20. The van der Waals surface area contributed by atoms with Crippen molar-refractivity contribution in [1.82, 2.24) is 9.97 Å². The summed E-state index contributed by atoms with van der Waals surface area (Å²) in [5, 5.41) is 4.97. The summed E-state index contributed by atoms with van der Waals surface area (Å²) < 4.78 is 5.28. The van der Waals surface area contributed by atoms with Gasteiger partial charge < -0.3 is 9.73 Å². The molecule has 0 fully saturated rings. The number of rotatable bonds is 6. The van der Waals surface area contributed by atoms with Crippen molar-refractivity contribution in [3.8, 4) is 11.3 Å². The van der Waals surface area contributed by atoms with Crippen molar-refractivity contribution in [3.05, 3.63) is 83.3 Å². The van der Waals surface area contributed by atoms with E-state index in [-0.39, 0.29) is 5.91 Å². The van der Waals surface area contributed by atoms with Gasteiger partial charge in [-0.2, -0.15) is 0 Å². The van der Waals surface area contributed by atoms with Crippen LogP contribution in [-0.4, -0.2) is 15.9 Å². The van der Waals surface area contributed by atoms with Crippen LogP contribution in [0.15, 0.2) is 81.3 Å². The van der Waals surface area contributed by atoms with Gasteiger partial charge >= 0.3 is 0 Å². The fourth-order valence-corrected chi connectivity index (χ4v) is 4.13. The van der Waals surface area contributed by atoms with Gasteiger partial charge in [-0.15, -0.1) is 23.1 Å². The lowest BCUT2D eigenvalue weighted by molar-refractivity contribution is 0.102. The lowest BCUT2D eigenvalue weighted by Crippen LogP contribution is -2.12. The average molecular weight is 393 g/mol. The monoisotopic (exact) mass is 393 g/mol. The van der Waals surface area contributed by atoms with Crippen LogP contribution in [0, 0.1) is 0 Å². The van der Waals surface area contributed by atoms with Gasteiger partial charge in [0, 0.05) is 27.3 Å². The zero-order valence-corrected chi connectivity index (χ0v) is 15.8. The third-order valence-electron chi connectivity index (χ3n) is 3.85. The van der Waals surface area contributed by atoms with Gasteiger partial charge in [0.1, 0.15) is 0 Å². The summed E-state index contributed by atoms with van der Waals surface area (Å²) in [7, 11) is 0. The maximum atomic E-state index is 12.7. The molecule has 1 amide bonds. The third-order valence-corrected chi connectivity index (χ3v) is 5.59. The summed E-state index contributed by atoms with van der Waals surface area (Å²) in [4.78, 5) is 21.9. The summed E-state index contributed by atoms with van der Waals surface area (Å²) in [6, 6.07) is 15.1. The van der Waals surface area contributed by atoms with Crippen molar-refractivity contribution < 1.29 is 9.21 Å². The predicted molar refractivity (Wildman–Crippen MR) is 108 cm³/mol. The number of nitrogens with zero attached hydrogens (tertiary/aromatic N) is 2. The van der Waals surface area contributed by atoms with Crippen molar-refractivity contribution in [1.29, 1.82) is 0 Å². The van der Waals surface area contributed by atoms with Crippen LogP contribution in [0.5, 0.6) is 0 Å². The van der Waals surface area contributed by atoms with Crippen molar-refractivity contribution in [2.45, 2.75) is 10.6 Å². The summed E-state index contributed by atoms with van der Waals surface area (Å²) in [5.41, 5.74) is 5.12. The maximum absolute atomic E-state index is 12.7. The van der Waals surface area contributed by atoms with E-state index in [1.54, 1.807) is 29.3 Å². The minimum Gasteiger partial charge on any atom is -0.444 e. The fourth-order valence-electron chi connectivity index (χ4n) is 2.52. The van der Waals surface area contributed by atoms with Crippen LogP contribution in [0.4, 0.5) is 5.69 Å². The Morgan fingerprint density at radius 1 is 1.15 bits per heavy atom. The standard InChI is InChI=1S/C20H15N3O2S2/c24-20(23-15-7-5-14(6-8-15)18-9-21-12-25-18)17-3-1-2-4-19(17)27-11-16-10-26-13-22-16/h1-10,12-13H,11H2,(H,23,24). The minimum atomic E-state index is -0.135. The van der Waals surface area contributed by atoms with E-state index >= 15 is 0 Å². The van der Waals surface area contributed by atoms with Crippen LogP contribution < -0.4 is 5.32 Å². The van der Waals surface area contributed by atoms with E-state index in [0.29, 0.717) is 11.3 Å². The second-order valence-electron chi connectivity index (χ2n) is 5.66. The lowest BCUT2D eigenvalue weighted by atomic mass is 10.1. The van der Waals surface area contributed by atoms with Gasteiger partial charge in [0.2, 0.25) is 0 Å². The van der Waals surface area contributed by atoms with Crippen molar-refractivity contribution >= 4 is 34.7 Å². The lowest BCUT2D eigenvalue weighted by Gasteiger charge is -2.10. The molecule has 0 spiro atoms. The first-order chi connectivity index (χ1) is 13.3. The van der Waals surface area contributed by atoms with Crippen molar-refractivity contribution in [3.63, 3.8) is 0 Å². The molecule has 4 rings (SSSR count). The van der Waals surface area contributed by atoms with E-state index < -0.39 is 0 Å². The zero-order valence-electron chi connectivity index (χ0n) is 14.2. The van der Waals surface area contributed by atoms with Crippen LogP contribution in [0.2, 0.25) is 0 Å². The van der Waals surface area contributed by atoms with E-state index in [2.05, 4.69) is 15.3 Å². The molecular weight excluding hydrogens is 378 g/mol. The summed E-state index contributed by atoms with van der Waals surface area (Å²) >= 11 is 3.18. The number of carbonyl (C=O) groups excluding carboxylic acids is 1. The highest BCUT2D eigenvalue weighted by Gasteiger charge is 2.12. The van der Waals surface area contributed by atoms with E-state index in [4.69, 9.17) is 4.42 Å². The van der Waals surface area contributed by atoms with Gasteiger partial charge in [-0.1, -0.05) is 12.1 Å². The molecule has 0 saturated carbocycles. The number of thiazole rings is 1. The highest BCUT2D eigenvalue weighted by molar-refractivity contribution is 7.98. The number of nitrogens with one attached hydrogen (secondary N) is 1. The van der Waals surface area contributed by atoms with Gasteiger partial charge in [-0.25, -0.2) is 9.97 Å². The first-order valence-electron chi connectivity index (χ1n) is 8.19. The number of anilines is 1. The van der Waals surface area contributed by atoms with E-state index in [1.807, 2.05) is 59.4 Å². The number of aromatic nitrogens is 2. The van der Waals surface area contributed by atoms with E-state index in [0.717, 1.165) is 27.6 Å². The quantitative estimate of drug-likeness (QED) is 0.448.